The molecule has 0 bridgehead atoms. The number of hydrogen-bond acceptors (Lipinski definition) is 6. The van der Waals surface area contributed by atoms with Gasteiger partial charge in [0, 0.05) is 23.8 Å². The summed E-state index contributed by atoms with van der Waals surface area (Å²) in [6, 6.07) is 8.80. The number of benzene rings is 2. The first-order valence-corrected chi connectivity index (χ1v) is 14.9. The van der Waals surface area contributed by atoms with Crippen LogP contribution in [0.4, 0.5) is 21.6 Å². The van der Waals surface area contributed by atoms with Crippen molar-refractivity contribution in [2.75, 3.05) is 37.0 Å². The minimum atomic E-state index is -0.305. The maximum Gasteiger partial charge on any atom is 0.146 e. The smallest absolute Gasteiger partial charge is 0.146 e. The second-order valence-electron chi connectivity index (χ2n) is 9.97. The summed E-state index contributed by atoms with van der Waals surface area (Å²) < 4.78 is 25.3. The molecule has 2 aromatic carbocycles. The van der Waals surface area contributed by atoms with Gasteiger partial charge in [0.2, 0.25) is 0 Å². The van der Waals surface area contributed by atoms with E-state index < -0.39 is 0 Å². The molecule has 1 unspecified atom stereocenters. The van der Waals surface area contributed by atoms with Gasteiger partial charge in [0.1, 0.15) is 23.7 Å². The Balaban J connectivity index is 1.38. The molecular formula is C28H36FN5OS. The van der Waals surface area contributed by atoms with Gasteiger partial charge in [-0.2, -0.15) is 0 Å². The van der Waals surface area contributed by atoms with Crippen molar-refractivity contribution in [3.05, 3.63) is 48.0 Å². The molecular weight excluding hydrogens is 473 g/mol. The summed E-state index contributed by atoms with van der Waals surface area (Å²) in [7, 11) is -0.0421. The zero-order chi connectivity index (χ0) is 24.9. The number of nitrogens with one attached hydrogen (secondary N) is 1. The van der Waals surface area contributed by atoms with E-state index in [0.29, 0.717) is 17.3 Å². The number of likely N-dealkylation sites (tertiary alicyclic amines) is 1. The summed E-state index contributed by atoms with van der Waals surface area (Å²) in [5.41, 5.74) is 3.58. The first-order chi connectivity index (χ1) is 17.5. The van der Waals surface area contributed by atoms with Crippen LogP contribution < -0.4 is 10.1 Å². The van der Waals surface area contributed by atoms with Crippen LogP contribution in [0.5, 0.6) is 5.75 Å². The number of hydrogen-bond donors (Lipinski definition) is 1. The van der Waals surface area contributed by atoms with Crippen molar-refractivity contribution < 1.29 is 9.13 Å². The van der Waals surface area contributed by atoms with E-state index in [9.17, 15) is 4.39 Å². The fraction of sp³-hybridized carbons (Fsp3) is 0.500. The van der Waals surface area contributed by atoms with Crippen LogP contribution in [0.2, 0.25) is 0 Å². The van der Waals surface area contributed by atoms with Crippen molar-refractivity contribution in [1.82, 2.24) is 14.9 Å². The molecule has 0 spiro atoms. The molecule has 1 N–H and O–H groups in total. The van der Waals surface area contributed by atoms with Crippen molar-refractivity contribution >= 4 is 38.8 Å². The number of rotatable bonds is 8. The largest absolute Gasteiger partial charge is 0.488 e. The van der Waals surface area contributed by atoms with Crippen molar-refractivity contribution in [3.8, 4) is 5.75 Å². The van der Waals surface area contributed by atoms with Crippen LogP contribution in [-0.4, -0.2) is 52.6 Å². The number of halogens is 1. The summed E-state index contributed by atoms with van der Waals surface area (Å²) in [4.78, 5) is 11.6. The number of fused-ring (bicyclic) bond motifs is 1. The Morgan fingerprint density at radius 1 is 1.08 bits per heavy atom. The highest BCUT2D eigenvalue weighted by atomic mass is 32.2. The zero-order valence-electron chi connectivity index (χ0n) is 21.3. The maximum atomic E-state index is 14.1. The third kappa shape index (κ3) is 6.21. The Bertz CT molecular complexity index is 1240. The van der Waals surface area contributed by atoms with Gasteiger partial charge in [-0.1, -0.05) is 17.1 Å². The van der Waals surface area contributed by atoms with Crippen LogP contribution >= 0.6 is 0 Å². The first kappa shape index (κ1) is 25.1. The van der Waals surface area contributed by atoms with E-state index in [1.807, 2.05) is 6.07 Å². The molecule has 1 aliphatic carbocycles. The molecule has 36 heavy (non-hydrogen) atoms. The van der Waals surface area contributed by atoms with Crippen LogP contribution in [0.25, 0.3) is 10.9 Å². The van der Waals surface area contributed by atoms with Crippen LogP contribution in [0.15, 0.2) is 41.0 Å². The van der Waals surface area contributed by atoms with E-state index >= 15 is 0 Å². The van der Waals surface area contributed by atoms with Crippen LogP contribution in [-0.2, 0) is 10.7 Å². The third-order valence-corrected chi connectivity index (χ3v) is 8.42. The van der Waals surface area contributed by atoms with Gasteiger partial charge in [-0.3, -0.25) is 0 Å². The van der Waals surface area contributed by atoms with Crippen molar-refractivity contribution in [3.63, 3.8) is 0 Å². The molecule has 2 aliphatic rings. The molecule has 1 saturated carbocycles. The average molecular weight is 510 g/mol. The van der Waals surface area contributed by atoms with Gasteiger partial charge in [-0.25, -0.2) is 18.7 Å². The molecule has 1 aliphatic heterocycles. The highest BCUT2D eigenvalue weighted by Gasteiger charge is 2.18. The molecule has 5 rings (SSSR count). The standard InChI is InChI=1S/C28H36FN5OS/c1-20-16-22(33-36(2)15-14-34-12-6-7-13-34)18-25-27(20)28(31-19-30-25)32-24-11-10-21(29)17-26(24)35-23-8-4-3-5-9-23/h10-11,16-19,23H,3-9,12-15H2,1-2H3,(H,30,31,32). The molecule has 192 valence electrons. The topological polar surface area (TPSA) is 62.6 Å². The lowest BCUT2D eigenvalue weighted by Gasteiger charge is -2.24. The Morgan fingerprint density at radius 2 is 1.89 bits per heavy atom. The lowest BCUT2D eigenvalue weighted by molar-refractivity contribution is 0.155. The summed E-state index contributed by atoms with van der Waals surface area (Å²) in [6.07, 6.45) is 12.1. The third-order valence-electron chi connectivity index (χ3n) is 7.13. The number of ether oxygens (including phenoxy) is 1. The first-order valence-electron chi connectivity index (χ1n) is 13.1. The minimum absolute atomic E-state index is 0.0421. The maximum absolute atomic E-state index is 14.1. The molecule has 0 radical (unpaired) electrons. The molecule has 0 amide bonds. The minimum Gasteiger partial charge on any atom is -0.488 e. The van der Waals surface area contributed by atoms with E-state index in [4.69, 9.17) is 9.10 Å². The molecule has 1 atom stereocenters. The van der Waals surface area contributed by atoms with Crippen molar-refractivity contribution in [1.29, 1.82) is 0 Å². The van der Waals surface area contributed by atoms with E-state index in [-0.39, 0.29) is 22.6 Å². The van der Waals surface area contributed by atoms with Crippen LogP contribution in [0, 0.1) is 12.7 Å². The number of anilines is 2. The fourth-order valence-corrected chi connectivity index (χ4v) is 6.28. The van der Waals surface area contributed by atoms with Crippen molar-refractivity contribution in [2.45, 2.75) is 58.0 Å². The number of nitrogens with zero attached hydrogens (tertiary/aromatic N) is 4. The summed E-state index contributed by atoms with van der Waals surface area (Å²) in [6.45, 7) is 5.63. The van der Waals surface area contributed by atoms with E-state index in [0.717, 1.165) is 60.1 Å². The van der Waals surface area contributed by atoms with Crippen LogP contribution in [0.1, 0.15) is 50.5 Å². The highest BCUT2D eigenvalue weighted by molar-refractivity contribution is 7.86. The van der Waals surface area contributed by atoms with Gasteiger partial charge in [-0.15, -0.1) is 0 Å². The second kappa shape index (κ2) is 11.6. The molecule has 2 fully saturated rings. The summed E-state index contributed by atoms with van der Waals surface area (Å²) in [5, 5.41) is 4.35. The Kier molecular flexibility index (Phi) is 8.12. The van der Waals surface area contributed by atoms with Gasteiger partial charge in [0.15, 0.2) is 0 Å². The second-order valence-corrected chi connectivity index (χ2v) is 11.8. The predicted molar refractivity (Wildman–Crippen MR) is 147 cm³/mol. The van der Waals surface area contributed by atoms with Crippen LogP contribution in [0.3, 0.4) is 0 Å². The van der Waals surface area contributed by atoms with Gasteiger partial charge >= 0.3 is 0 Å². The van der Waals surface area contributed by atoms with E-state index in [1.54, 1.807) is 12.4 Å². The highest BCUT2D eigenvalue weighted by Crippen LogP contribution is 2.35. The van der Waals surface area contributed by atoms with Gasteiger partial charge < -0.3 is 15.0 Å². The normalized spacial score (nSPS) is 18.1. The molecule has 3 aromatic rings. The molecule has 6 nitrogen and oxygen atoms in total. The molecule has 8 heteroatoms. The molecule has 1 saturated heterocycles. The molecule has 2 heterocycles. The zero-order valence-corrected chi connectivity index (χ0v) is 22.1. The number of aryl methyl sites for hydroxylation is 1. The lowest BCUT2D eigenvalue weighted by Crippen LogP contribution is -2.24. The van der Waals surface area contributed by atoms with Gasteiger partial charge in [0.05, 0.1) is 23.0 Å². The van der Waals surface area contributed by atoms with Crippen molar-refractivity contribution in [2.24, 2.45) is 4.36 Å². The van der Waals surface area contributed by atoms with E-state index in [1.165, 1.54) is 44.5 Å². The Morgan fingerprint density at radius 3 is 2.69 bits per heavy atom. The SMILES string of the molecule is Cc1cc(N=S(C)CCN2CCCC2)cc2ncnc(Nc3ccc(F)cc3OC3CCCCC3)c12. The molecule has 1 aromatic heterocycles. The van der Waals surface area contributed by atoms with Gasteiger partial charge in [0.25, 0.3) is 0 Å². The van der Waals surface area contributed by atoms with Gasteiger partial charge in [-0.05, 0) is 94.6 Å². The monoisotopic (exact) mass is 509 g/mol. The fourth-order valence-electron chi connectivity index (χ4n) is 5.20. The Hall–Kier alpha value is -2.58. The van der Waals surface area contributed by atoms with E-state index in [2.05, 4.69) is 39.4 Å². The summed E-state index contributed by atoms with van der Waals surface area (Å²) in [5.74, 6) is 2.00. The number of aromatic nitrogens is 2. The average Bonchev–Trinajstić information content (AvgIpc) is 3.39. The lowest BCUT2D eigenvalue weighted by atomic mass is 9.98. The predicted octanol–water partition coefficient (Wildman–Crippen LogP) is 6.69. The Labute approximate surface area is 215 Å². The quantitative estimate of drug-likeness (QED) is 0.366. The summed E-state index contributed by atoms with van der Waals surface area (Å²) >= 11 is 0.